The Morgan fingerprint density at radius 2 is 1.75 bits per heavy atom. The number of hydrogen-bond acceptors (Lipinski definition) is 4. The van der Waals surface area contributed by atoms with Crippen molar-refractivity contribution in [1.82, 2.24) is 4.98 Å². The third-order valence-corrected chi connectivity index (χ3v) is 3.60. The predicted molar refractivity (Wildman–Crippen MR) is 79.5 cm³/mol. The number of aromatic nitrogens is 1. The number of nitrogens with zero attached hydrogens (tertiary/aromatic N) is 3. The molecule has 0 saturated carbocycles. The van der Waals surface area contributed by atoms with Gasteiger partial charge in [-0.1, -0.05) is 6.07 Å². The van der Waals surface area contributed by atoms with Crippen molar-refractivity contribution in [2.24, 2.45) is 0 Å². The first-order valence-electron chi connectivity index (χ1n) is 6.70. The summed E-state index contributed by atoms with van der Waals surface area (Å²) in [6.07, 6.45) is 1.80. The third kappa shape index (κ3) is 2.52. The molecule has 0 aliphatic carbocycles. The fourth-order valence-electron chi connectivity index (χ4n) is 2.45. The fraction of sp³-hybridized carbons (Fsp3) is 0.267. The second kappa shape index (κ2) is 5.36. The average Bonchev–Trinajstić information content (AvgIpc) is 2.51. The van der Waals surface area contributed by atoms with E-state index in [4.69, 9.17) is 5.73 Å². The summed E-state index contributed by atoms with van der Waals surface area (Å²) in [5.74, 6) is 0.644. The molecule has 104 valence electrons. The Hall–Kier alpha value is -2.30. The highest BCUT2D eigenvalue weighted by Gasteiger charge is 2.18. The molecule has 4 nitrogen and oxygen atoms in total. The summed E-state index contributed by atoms with van der Waals surface area (Å²) < 4.78 is 13.5. The first kappa shape index (κ1) is 12.7. The fourth-order valence-corrected chi connectivity index (χ4v) is 2.45. The molecule has 0 atom stereocenters. The molecule has 1 saturated heterocycles. The minimum absolute atomic E-state index is 0.195. The van der Waals surface area contributed by atoms with E-state index in [0.717, 1.165) is 37.7 Å². The second-order valence-corrected chi connectivity index (χ2v) is 4.87. The predicted octanol–water partition coefficient (Wildman–Crippen LogP) is 2.13. The van der Waals surface area contributed by atoms with Gasteiger partial charge < -0.3 is 15.5 Å². The van der Waals surface area contributed by atoms with Gasteiger partial charge in [-0.15, -0.1) is 0 Å². The number of benzene rings is 1. The van der Waals surface area contributed by atoms with Crippen LogP contribution in [-0.4, -0.2) is 31.2 Å². The Kier molecular flexibility index (Phi) is 3.41. The smallest absolute Gasteiger partial charge is 0.148 e. The van der Waals surface area contributed by atoms with Gasteiger partial charge in [-0.2, -0.15) is 0 Å². The van der Waals surface area contributed by atoms with E-state index in [-0.39, 0.29) is 11.5 Å². The van der Waals surface area contributed by atoms with Crippen LogP contribution in [-0.2, 0) is 0 Å². The molecule has 2 aromatic rings. The van der Waals surface area contributed by atoms with Crippen LogP contribution in [0.2, 0.25) is 0 Å². The van der Waals surface area contributed by atoms with Crippen molar-refractivity contribution >= 4 is 17.2 Å². The Morgan fingerprint density at radius 3 is 2.40 bits per heavy atom. The van der Waals surface area contributed by atoms with Gasteiger partial charge in [-0.05, 0) is 30.3 Å². The topological polar surface area (TPSA) is 45.4 Å². The maximum atomic E-state index is 13.5. The minimum Gasteiger partial charge on any atom is -0.396 e. The zero-order chi connectivity index (χ0) is 13.9. The summed E-state index contributed by atoms with van der Waals surface area (Å²) in [4.78, 5) is 8.77. The summed E-state index contributed by atoms with van der Waals surface area (Å²) in [6, 6.07) is 10.9. The van der Waals surface area contributed by atoms with Crippen molar-refractivity contribution < 1.29 is 4.39 Å². The van der Waals surface area contributed by atoms with Crippen LogP contribution in [0.1, 0.15) is 0 Å². The lowest BCUT2D eigenvalue weighted by Gasteiger charge is -2.36. The summed E-state index contributed by atoms with van der Waals surface area (Å²) in [7, 11) is 0. The number of halogens is 1. The van der Waals surface area contributed by atoms with Crippen LogP contribution in [0, 0.1) is 5.82 Å². The van der Waals surface area contributed by atoms with Gasteiger partial charge in [-0.25, -0.2) is 9.37 Å². The van der Waals surface area contributed by atoms with Crippen LogP contribution in [0.5, 0.6) is 0 Å². The zero-order valence-electron chi connectivity index (χ0n) is 11.2. The molecule has 0 amide bonds. The van der Waals surface area contributed by atoms with Gasteiger partial charge in [-0.3, -0.25) is 0 Å². The molecule has 1 aliphatic heterocycles. The van der Waals surface area contributed by atoms with E-state index in [9.17, 15) is 4.39 Å². The largest absolute Gasteiger partial charge is 0.396 e. The van der Waals surface area contributed by atoms with Crippen molar-refractivity contribution in [3.8, 4) is 0 Å². The highest BCUT2D eigenvalue weighted by atomic mass is 19.1. The van der Waals surface area contributed by atoms with Crippen LogP contribution in [0.15, 0.2) is 42.6 Å². The zero-order valence-corrected chi connectivity index (χ0v) is 11.2. The average molecular weight is 272 g/mol. The van der Waals surface area contributed by atoms with E-state index in [0.29, 0.717) is 0 Å². The Labute approximate surface area is 117 Å². The SMILES string of the molecule is Nc1ccc(N2CCN(c3ccccn3)CC2)cc1F. The molecule has 0 radical (unpaired) electrons. The van der Waals surface area contributed by atoms with E-state index in [1.165, 1.54) is 6.07 Å². The van der Waals surface area contributed by atoms with Gasteiger partial charge in [0.25, 0.3) is 0 Å². The van der Waals surface area contributed by atoms with Crippen molar-refractivity contribution in [2.45, 2.75) is 0 Å². The van der Waals surface area contributed by atoms with E-state index < -0.39 is 0 Å². The number of anilines is 3. The lowest BCUT2D eigenvalue weighted by atomic mass is 10.2. The number of pyridine rings is 1. The second-order valence-electron chi connectivity index (χ2n) is 4.87. The Balaban J connectivity index is 1.68. The molecule has 2 heterocycles. The van der Waals surface area contributed by atoms with Crippen LogP contribution < -0.4 is 15.5 Å². The van der Waals surface area contributed by atoms with Gasteiger partial charge >= 0.3 is 0 Å². The van der Waals surface area contributed by atoms with Crippen LogP contribution in [0.4, 0.5) is 21.6 Å². The number of piperazine rings is 1. The molecule has 1 aromatic carbocycles. The monoisotopic (exact) mass is 272 g/mol. The molecular weight excluding hydrogens is 255 g/mol. The van der Waals surface area contributed by atoms with Crippen molar-refractivity contribution in [1.29, 1.82) is 0 Å². The van der Waals surface area contributed by atoms with E-state index in [2.05, 4.69) is 14.8 Å². The quantitative estimate of drug-likeness (QED) is 0.851. The molecule has 1 aliphatic rings. The first-order chi connectivity index (χ1) is 9.74. The molecule has 5 heteroatoms. The molecule has 0 bridgehead atoms. The highest BCUT2D eigenvalue weighted by molar-refractivity contribution is 5.55. The van der Waals surface area contributed by atoms with Crippen LogP contribution in [0.25, 0.3) is 0 Å². The summed E-state index contributed by atoms with van der Waals surface area (Å²) in [6.45, 7) is 3.45. The van der Waals surface area contributed by atoms with Crippen molar-refractivity contribution in [3.63, 3.8) is 0 Å². The number of hydrogen-bond donors (Lipinski definition) is 1. The molecule has 1 aromatic heterocycles. The highest BCUT2D eigenvalue weighted by Crippen LogP contribution is 2.22. The number of rotatable bonds is 2. The molecule has 1 fully saturated rings. The lowest BCUT2D eigenvalue weighted by molar-refractivity contribution is 0.623. The molecule has 0 spiro atoms. The molecule has 2 N–H and O–H groups in total. The summed E-state index contributed by atoms with van der Waals surface area (Å²) in [5, 5.41) is 0. The third-order valence-electron chi connectivity index (χ3n) is 3.60. The molecule has 3 rings (SSSR count). The van der Waals surface area contributed by atoms with Gasteiger partial charge in [0.05, 0.1) is 5.69 Å². The lowest BCUT2D eigenvalue weighted by Crippen LogP contribution is -2.46. The minimum atomic E-state index is -0.352. The van der Waals surface area contributed by atoms with Gasteiger partial charge in [0, 0.05) is 38.1 Å². The molecule has 0 unspecified atom stereocenters. The van der Waals surface area contributed by atoms with E-state index in [1.54, 1.807) is 12.3 Å². The summed E-state index contributed by atoms with van der Waals surface area (Å²) in [5.41, 5.74) is 6.59. The maximum absolute atomic E-state index is 13.5. The van der Waals surface area contributed by atoms with E-state index >= 15 is 0 Å². The Bertz CT molecular complexity index is 580. The standard InChI is InChI=1S/C15H17FN4/c16-13-11-12(4-5-14(13)17)19-7-9-20(10-8-19)15-3-1-2-6-18-15/h1-6,11H,7-10,17H2. The maximum Gasteiger partial charge on any atom is 0.148 e. The van der Waals surface area contributed by atoms with Crippen molar-refractivity contribution in [3.05, 3.63) is 48.4 Å². The van der Waals surface area contributed by atoms with E-state index in [1.807, 2.05) is 24.3 Å². The molecular formula is C15H17FN4. The normalized spacial score (nSPS) is 15.4. The Morgan fingerprint density at radius 1 is 1.00 bits per heavy atom. The molecule has 20 heavy (non-hydrogen) atoms. The number of nitrogen functional groups attached to an aromatic ring is 1. The van der Waals surface area contributed by atoms with Crippen molar-refractivity contribution in [2.75, 3.05) is 41.7 Å². The summed E-state index contributed by atoms with van der Waals surface area (Å²) >= 11 is 0. The van der Waals surface area contributed by atoms with Gasteiger partial charge in [0.15, 0.2) is 0 Å². The van der Waals surface area contributed by atoms with Crippen LogP contribution >= 0.6 is 0 Å². The van der Waals surface area contributed by atoms with Gasteiger partial charge in [0.1, 0.15) is 11.6 Å². The van der Waals surface area contributed by atoms with Crippen LogP contribution in [0.3, 0.4) is 0 Å². The number of nitrogens with two attached hydrogens (primary N) is 1. The van der Waals surface area contributed by atoms with Gasteiger partial charge in [0.2, 0.25) is 0 Å². The first-order valence-corrected chi connectivity index (χ1v) is 6.70.